The Bertz CT molecular complexity index is 2830. The van der Waals surface area contributed by atoms with Crippen LogP contribution in [-0.2, 0) is 0 Å². The van der Waals surface area contributed by atoms with Crippen molar-refractivity contribution >= 4 is 43.2 Å². The van der Waals surface area contributed by atoms with Gasteiger partial charge in [-0.25, -0.2) is 9.97 Å². The van der Waals surface area contributed by atoms with Crippen LogP contribution in [0, 0.1) is 0 Å². The maximum absolute atomic E-state index is 5.35. The number of pyridine rings is 1. The topological polar surface area (TPSA) is 38.7 Å². The predicted molar refractivity (Wildman–Crippen MR) is 208 cm³/mol. The fraction of sp³-hybridized carbons (Fsp3) is 0. The van der Waals surface area contributed by atoms with Gasteiger partial charge in [-0.2, -0.15) is 0 Å². The number of benzene rings is 8. The second-order valence-corrected chi connectivity index (χ2v) is 12.9. The van der Waals surface area contributed by atoms with Gasteiger partial charge in [0.1, 0.15) is 0 Å². The van der Waals surface area contributed by atoms with Crippen LogP contribution in [0.15, 0.2) is 176 Å². The van der Waals surface area contributed by atoms with Crippen molar-refractivity contribution in [2.75, 3.05) is 0 Å². The Balaban J connectivity index is 1.23. The van der Waals surface area contributed by atoms with Gasteiger partial charge < -0.3 is 0 Å². The minimum absolute atomic E-state index is 0.688. The van der Waals surface area contributed by atoms with Crippen molar-refractivity contribution in [3.05, 3.63) is 176 Å². The summed E-state index contributed by atoms with van der Waals surface area (Å²) in [5, 5.41) is 8.64. The highest BCUT2D eigenvalue weighted by Gasteiger charge is 2.17. The molecule has 2 heterocycles. The molecule has 0 saturated heterocycles. The molecule has 3 heteroatoms. The first kappa shape index (κ1) is 28.3. The van der Waals surface area contributed by atoms with E-state index in [1.165, 1.54) is 43.4 Å². The van der Waals surface area contributed by atoms with E-state index < -0.39 is 0 Å². The number of nitrogens with zero attached hydrogens (tertiary/aromatic N) is 3. The largest absolute Gasteiger partial charge is 0.264 e. The first-order valence-electron chi connectivity index (χ1n) is 16.9. The highest BCUT2D eigenvalue weighted by atomic mass is 14.9. The molecule has 0 amide bonds. The molecule has 232 valence electrons. The van der Waals surface area contributed by atoms with Crippen molar-refractivity contribution in [3.63, 3.8) is 0 Å². The predicted octanol–water partition coefficient (Wildman–Crippen LogP) is 12.3. The van der Waals surface area contributed by atoms with Crippen LogP contribution in [0.3, 0.4) is 0 Å². The van der Waals surface area contributed by atoms with E-state index in [9.17, 15) is 0 Å². The monoisotopic (exact) mass is 635 g/mol. The van der Waals surface area contributed by atoms with Gasteiger partial charge in [-0.15, -0.1) is 0 Å². The molecule has 0 radical (unpaired) electrons. The molecule has 0 aliphatic heterocycles. The minimum atomic E-state index is 0.688. The Morgan fingerprint density at radius 2 is 1.04 bits per heavy atom. The van der Waals surface area contributed by atoms with Gasteiger partial charge in [-0.1, -0.05) is 127 Å². The van der Waals surface area contributed by atoms with Gasteiger partial charge in [0.25, 0.3) is 0 Å². The summed E-state index contributed by atoms with van der Waals surface area (Å²) in [6, 6.07) is 58.3. The zero-order valence-electron chi connectivity index (χ0n) is 27.1. The fourth-order valence-corrected chi connectivity index (χ4v) is 7.48. The highest BCUT2D eigenvalue weighted by Crippen LogP contribution is 2.41. The smallest absolute Gasteiger partial charge is 0.160 e. The highest BCUT2D eigenvalue weighted by molar-refractivity contribution is 6.25. The van der Waals surface area contributed by atoms with Crippen molar-refractivity contribution in [3.8, 4) is 56.0 Å². The summed E-state index contributed by atoms with van der Waals surface area (Å²) in [5.74, 6) is 0.688. The van der Waals surface area contributed by atoms with Crippen molar-refractivity contribution in [1.29, 1.82) is 0 Å². The molecule has 0 aliphatic rings. The summed E-state index contributed by atoms with van der Waals surface area (Å²) in [7, 11) is 0. The van der Waals surface area contributed by atoms with Crippen molar-refractivity contribution in [2.24, 2.45) is 0 Å². The third-order valence-corrected chi connectivity index (χ3v) is 9.88. The molecule has 0 bridgehead atoms. The van der Waals surface area contributed by atoms with Crippen molar-refractivity contribution in [1.82, 2.24) is 15.0 Å². The lowest BCUT2D eigenvalue weighted by molar-refractivity contribution is 1.23. The van der Waals surface area contributed by atoms with E-state index >= 15 is 0 Å². The Morgan fingerprint density at radius 1 is 0.360 bits per heavy atom. The summed E-state index contributed by atoms with van der Waals surface area (Å²) in [4.78, 5) is 15.1. The van der Waals surface area contributed by atoms with Crippen LogP contribution >= 0.6 is 0 Å². The van der Waals surface area contributed by atoms with Gasteiger partial charge in [0, 0.05) is 34.5 Å². The summed E-state index contributed by atoms with van der Waals surface area (Å²) in [6.45, 7) is 0. The first-order chi connectivity index (χ1) is 24.8. The standard InChI is InChI=1S/C47H29N3/c1-3-9-30(10-4-1)35-20-23-43-42(28-35)46(34-11-5-2-6-12-34)50-47(49-43)39-26-37(36-15-8-24-48-29-36)25-38(27-39)40-21-18-33-17-16-31-13-7-14-32-19-22-41(40)45(33)44(31)32/h1-29H. The van der Waals surface area contributed by atoms with Crippen LogP contribution < -0.4 is 0 Å². The average molecular weight is 636 g/mol. The number of fused-ring (bicyclic) bond motifs is 1. The quantitative estimate of drug-likeness (QED) is 0.177. The van der Waals surface area contributed by atoms with E-state index in [-0.39, 0.29) is 0 Å². The number of rotatable bonds is 5. The van der Waals surface area contributed by atoms with E-state index in [2.05, 4.69) is 151 Å². The summed E-state index contributed by atoms with van der Waals surface area (Å²) < 4.78 is 0. The van der Waals surface area contributed by atoms with E-state index in [4.69, 9.17) is 9.97 Å². The zero-order chi connectivity index (χ0) is 33.0. The normalized spacial score (nSPS) is 11.6. The van der Waals surface area contributed by atoms with Crippen LogP contribution in [-0.4, -0.2) is 15.0 Å². The molecule has 0 unspecified atom stereocenters. The molecule has 0 fully saturated rings. The van der Waals surface area contributed by atoms with E-state index in [0.29, 0.717) is 5.82 Å². The van der Waals surface area contributed by atoms with Gasteiger partial charge in [0.15, 0.2) is 5.82 Å². The maximum atomic E-state index is 5.35. The van der Waals surface area contributed by atoms with Crippen LogP contribution in [0.4, 0.5) is 0 Å². The molecule has 0 aliphatic carbocycles. The van der Waals surface area contributed by atoms with Crippen molar-refractivity contribution in [2.45, 2.75) is 0 Å². The molecule has 3 nitrogen and oxygen atoms in total. The van der Waals surface area contributed by atoms with Gasteiger partial charge in [0.2, 0.25) is 0 Å². The Kier molecular flexibility index (Phi) is 6.49. The molecular formula is C47H29N3. The van der Waals surface area contributed by atoms with Crippen LogP contribution in [0.2, 0.25) is 0 Å². The SMILES string of the molecule is c1ccc(-c2ccc3nc(-c4cc(-c5cccnc5)cc(-c5ccc6ccc7cccc8ccc5c6c78)c4)nc(-c4ccccc4)c3c2)cc1. The molecular weight excluding hydrogens is 607 g/mol. The summed E-state index contributed by atoms with van der Waals surface area (Å²) in [5.41, 5.74) is 10.6. The van der Waals surface area contributed by atoms with Gasteiger partial charge in [0.05, 0.1) is 11.2 Å². The lowest BCUT2D eigenvalue weighted by atomic mass is 9.88. The molecule has 0 saturated carbocycles. The Labute approximate surface area is 289 Å². The molecule has 10 rings (SSSR count). The van der Waals surface area contributed by atoms with Gasteiger partial charge >= 0.3 is 0 Å². The number of hydrogen-bond acceptors (Lipinski definition) is 3. The Morgan fingerprint density at radius 3 is 1.82 bits per heavy atom. The molecule has 10 aromatic rings. The maximum Gasteiger partial charge on any atom is 0.160 e. The lowest BCUT2D eigenvalue weighted by Crippen LogP contribution is -1.97. The molecule has 50 heavy (non-hydrogen) atoms. The summed E-state index contributed by atoms with van der Waals surface area (Å²) >= 11 is 0. The zero-order valence-corrected chi connectivity index (χ0v) is 27.1. The Hall–Kier alpha value is -6.71. The van der Waals surface area contributed by atoms with Gasteiger partial charge in [-0.3, -0.25) is 4.98 Å². The number of aromatic nitrogens is 3. The second kappa shape index (κ2) is 11.5. The van der Waals surface area contributed by atoms with Crippen LogP contribution in [0.1, 0.15) is 0 Å². The molecule has 2 aromatic heterocycles. The average Bonchev–Trinajstić information content (AvgIpc) is 3.20. The lowest BCUT2D eigenvalue weighted by Gasteiger charge is -2.16. The third kappa shape index (κ3) is 4.71. The molecule has 0 N–H and O–H groups in total. The van der Waals surface area contributed by atoms with E-state index in [1.807, 2.05) is 30.6 Å². The molecule has 0 atom stereocenters. The van der Waals surface area contributed by atoms with Crippen LogP contribution in [0.5, 0.6) is 0 Å². The second-order valence-electron chi connectivity index (χ2n) is 12.9. The van der Waals surface area contributed by atoms with Crippen LogP contribution in [0.25, 0.3) is 99.2 Å². The first-order valence-corrected chi connectivity index (χ1v) is 16.9. The molecule has 0 spiro atoms. The summed E-state index contributed by atoms with van der Waals surface area (Å²) in [6.07, 6.45) is 3.74. The van der Waals surface area contributed by atoms with E-state index in [0.717, 1.165) is 50.0 Å². The van der Waals surface area contributed by atoms with Crippen molar-refractivity contribution < 1.29 is 0 Å². The minimum Gasteiger partial charge on any atom is -0.264 e. The fourth-order valence-electron chi connectivity index (χ4n) is 7.48. The molecule has 8 aromatic carbocycles. The van der Waals surface area contributed by atoms with E-state index in [1.54, 1.807) is 0 Å². The third-order valence-electron chi connectivity index (χ3n) is 9.88. The van der Waals surface area contributed by atoms with Gasteiger partial charge in [-0.05, 0) is 96.5 Å². The number of hydrogen-bond donors (Lipinski definition) is 0.